The fourth-order valence-corrected chi connectivity index (χ4v) is 1.36. The van der Waals surface area contributed by atoms with Crippen LogP contribution in [0.3, 0.4) is 0 Å². The number of aromatic nitrogens is 1. The van der Waals surface area contributed by atoms with Crippen molar-refractivity contribution in [3.05, 3.63) is 41.7 Å². The van der Waals surface area contributed by atoms with E-state index in [1.165, 1.54) is 12.1 Å². The van der Waals surface area contributed by atoms with Crippen LogP contribution in [0.4, 0.5) is 8.78 Å². The van der Waals surface area contributed by atoms with Gasteiger partial charge in [0, 0.05) is 6.07 Å². The van der Waals surface area contributed by atoms with Gasteiger partial charge in [0.15, 0.2) is 5.76 Å². The number of hydrogen-bond donors (Lipinski definition) is 0. The predicted molar refractivity (Wildman–Crippen MR) is 51.4 cm³/mol. The van der Waals surface area contributed by atoms with Crippen molar-refractivity contribution in [1.29, 1.82) is 0 Å². The lowest BCUT2D eigenvalue weighted by Crippen LogP contribution is -1.88. The van der Waals surface area contributed by atoms with Crippen molar-refractivity contribution < 1.29 is 13.3 Å². The number of nitrogens with zero attached hydrogens (tertiary/aromatic N) is 1. The van der Waals surface area contributed by atoms with Gasteiger partial charge < -0.3 is 4.52 Å². The number of halogens is 3. The summed E-state index contributed by atoms with van der Waals surface area (Å²) in [5.74, 6) is -0.869. The molecule has 1 aromatic heterocycles. The van der Waals surface area contributed by atoms with E-state index in [0.717, 1.165) is 12.1 Å². The zero-order chi connectivity index (χ0) is 10.8. The zero-order valence-electron chi connectivity index (χ0n) is 7.51. The molecule has 2 aromatic rings. The average molecular weight is 230 g/mol. The molecule has 0 atom stereocenters. The second kappa shape index (κ2) is 3.98. The van der Waals surface area contributed by atoms with Gasteiger partial charge >= 0.3 is 0 Å². The van der Waals surface area contributed by atoms with Crippen LogP contribution in [0.2, 0.25) is 0 Å². The first-order valence-electron chi connectivity index (χ1n) is 4.18. The zero-order valence-corrected chi connectivity index (χ0v) is 8.26. The summed E-state index contributed by atoms with van der Waals surface area (Å²) in [4.78, 5) is 0. The van der Waals surface area contributed by atoms with Gasteiger partial charge in [0.05, 0.1) is 11.4 Å². The lowest BCUT2D eigenvalue weighted by molar-refractivity contribution is 0.395. The largest absolute Gasteiger partial charge is 0.359 e. The summed E-state index contributed by atoms with van der Waals surface area (Å²) in [5.41, 5.74) is -0.0844. The van der Waals surface area contributed by atoms with E-state index in [-0.39, 0.29) is 17.1 Å². The molecule has 0 amide bonds. The Bertz CT molecular complexity index is 464. The minimum absolute atomic E-state index is 0.112. The molecule has 0 spiro atoms. The summed E-state index contributed by atoms with van der Waals surface area (Å²) in [7, 11) is 0. The highest BCUT2D eigenvalue weighted by Crippen LogP contribution is 2.25. The molecule has 5 heteroatoms. The molecule has 15 heavy (non-hydrogen) atoms. The summed E-state index contributed by atoms with van der Waals surface area (Å²) >= 11 is 5.49. The normalized spacial score (nSPS) is 10.6. The topological polar surface area (TPSA) is 26.0 Å². The Morgan fingerprint density at radius 1 is 1.27 bits per heavy atom. The maximum Gasteiger partial charge on any atom is 0.152 e. The van der Waals surface area contributed by atoms with Crippen LogP contribution in [0.1, 0.15) is 5.76 Å². The summed E-state index contributed by atoms with van der Waals surface area (Å²) < 4.78 is 31.4. The fraction of sp³-hybridized carbons (Fsp3) is 0.100. The molecule has 0 aliphatic heterocycles. The van der Waals surface area contributed by atoms with Crippen molar-refractivity contribution in [1.82, 2.24) is 5.16 Å². The fourth-order valence-electron chi connectivity index (χ4n) is 1.24. The minimum atomic E-state index is -0.676. The van der Waals surface area contributed by atoms with Gasteiger partial charge in [-0.05, 0) is 12.1 Å². The summed E-state index contributed by atoms with van der Waals surface area (Å²) in [6.45, 7) is 0. The van der Waals surface area contributed by atoms with Crippen LogP contribution < -0.4 is 0 Å². The minimum Gasteiger partial charge on any atom is -0.359 e. The van der Waals surface area contributed by atoms with Gasteiger partial charge in [-0.2, -0.15) is 0 Å². The molecule has 78 valence electrons. The Morgan fingerprint density at radius 2 is 1.93 bits per heavy atom. The molecule has 0 bridgehead atoms. The van der Waals surface area contributed by atoms with Crippen LogP contribution in [-0.4, -0.2) is 5.16 Å². The van der Waals surface area contributed by atoms with Gasteiger partial charge in [-0.3, -0.25) is 0 Å². The molecule has 0 aliphatic rings. The van der Waals surface area contributed by atoms with Gasteiger partial charge in [0.25, 0.3) is 0 Å². The first-order chi connectivity index (χ1) is 7.22. The monoisotopic (exact) mass is 229 g/mol. The number of hydrogen-bond acceptors (Lipinski definition) is 2. The number of benzene rings is 1. The van der Waals surface area contributed by atoms with E-state index in [4.69, 9.17) is 16.1 Å². The Morgan fingerprint density at radius 3 is 2.47 bits per heavy atom. The maximum absolute atomic E-state index is 13.3. The lowest BCUT2D eigenvalue weighted by atomic mass is 10.1. The molecule has 0 N–H and O–H groups in total. The number of rotatable bonds is 2. The highest BCUT2D eigenvalue weighted by Gasteiger charge is 2.14. The van der Waals surface area contributed by atoms with Gasteiger partial charge in [-0.25, -0.2) is 8.78 Å². The van der Waals surface area contributed by atoms with E-state index in [9.17, 15) is 8.78 Å². The SMILES string of the molecule is Fc1cccc(F)c1-c1cc(CCl)on1. The second-order valence-electron chi connectivity index (χ2n) is 2.91. The van der Waals surface area contributed by atoms with Gasteiger partial charge in [-0.1, -0.05) is 11.2 Å². The Kier molecular flexibility index (Phi) is 2.68. The number of alkyl halides is 1. The van der Waals surface area contributed by atoms with Crippen molar-refractivity contribution in [3.63, 3.8) is 0 Å². The van der Waals surface area contributed by atoms with Crippen molar-refractivity contribution in [2.45, 2.75) is 5.88 Å². The third-order valence-corrected chi connectivity index (χ3v) is 2.17. The van der Waals surface area contributed by atoms with Gasteiger partial charge in [0.1, 0.15) is 17.3 Å². The standard InChI is InChI=1S/C10H6ClF2NO/c11-5-6-4-9(14-15-6)10-7(12)2-1-3-8(10)13/h1-4H,5H2. The molecule has 1 heterocycles. The molecule has 0 unspecified atom stereocenters. The highest BCUT2D eigenvalue weighted by molar-refractivity contribution is 6.16. The van der Waals surface area contributed by atoms with Crippen LogP contribution in [0.5, 0.6) is 0 Å². The quantitative estimate of drug-likeness (QED) is 0.738. The molecule has 0 aliphatic carbocycles. The third-order valence-electron chi connectivity index (χ3n) is 1.91. The van der Waals surface area contributed by atoms with Crippen molar-refractivity contribution in [3.8, 4) is 11.3 Å². The molecule has 0 fully saturated rings. The molecule has 1 aromatic carbocycles. The first-order valence-corrected chi connectivity index (χ1v) is 4.71. The molecule has 0 radical (unpaired) electrons. The molecule has 2 rings (SSSR count). The van der Waals surface area contributed by atoms with E-state index in [2.05, 4.69) is 5.16 Å². The molecular weight excluding hydrogens is 224 g/mol. The average Bonchev–Trinajstić information content (AvgIpc) is 2.66. The molecule has 2 nitrogen and oxygen atoms in total. The highest BCUT2D eigenvalue weighted by atomic mass is 35.5. The molecule has 0 saturated heterocycles. The summed E-state index contributed by atoms with van der Waals surface area (Å²) in [6, 6.07) is 5.02. The van der Waals surface area contributed by atoms with Gasteiger partial charge in [-0.15, -0.1) is 11.6 Å². The van der Waals surface area contributed by atoms with E-state index in [1.54, 1.807) is 0 Å². The maximum atomic E-state index is 13.3. The smallest absolute Gasteiger partial charge is 0.152 e. The second-order valence-corrected chi connectivity index (χ2v) is 3.18. The summed E-state index contributed by atoms with van der Waals surface area (Å²) in [6.07, 6.45) is 0. The van der Waals surface area contributed by atoms with E-state index in [0.29, 0.717) is 5.76 Å². The molecule has 0 saturated carbocycles. The van der Waals surface area contributed by atoms with Crippen molar-refractivity contribution in [2.24, 2.45) is 0 Å². The van der Waals surface area contributed by atoms with Crippen LogP contribution in [0.15, 0.2) is 28.8 Å². The van der Waals surface area contributed by atoms with Crippen LogP contribution in [0.25, 0.3) is 11.3 Å². The van der Waals surface area contributed by atoms with E-state index >= 15 is 0 Å². The van der Waals surface area contributed by atoms with Gasteiger partial charge in [0.2, 0.25) is 0 Å². The van der Waals surface area contributed by atoms with E-state index in [1.807, 2.05) is 0 Å². The predicted octanol–water partition coefficient (Wildman–Crippen LogP) is 3.36. The summed E-state index contributed by atoms with van der Waals surface area (Å²) in [5, 5.41) is 3.54. The van der Waals surface area contributed by atoms with Crippen molar-refractivity contribution in [2.75, 3.05) is 0 Å². The lowest BCUT2D eigenvalue weighted by Gasteiger charge is -1.98. The van der Waals surface area contributed by atoms with Crippen LogP contribution >= 0.6 is 11.6 Å². The van der Waals surface area contributed by atoms with Crippen molar-refractivity contribution >= 4 is 11.6 Å². The third kappa shape index (κ3) is 1.85. The van der Waals surface area contributed by atoms with Crippen LogP contribution in [-0.2, 0) is 5.88 Å². The molecular formula is C10H6ClF2NO. The Hall–Kier alpha value is -1.42. The Balaban J connectivity index is 2.53. The van der Waals surface area contributed by atoms with E-state index < -0.39 is 11.6 Å². The Labute approximate surface area is 89.5 Å². The first kappa shape index (κ1) is 10.1. The van der Waals surface area contributed by atoms with Crippen LogP contribution in [0, 0.1) is 11.6 Å².